The van der Waals surface area contributed by atoms with Crippen molar-refractivity contribution in [2.24, 2.45) is 0 Å². The summed E-state index contributed by atoms with van der Waals surface area (Å²) in [5.74, 6) is 0.555. The molecule has 1 atom stereocenters. The molecule has 1 amide bonds. The first-order valence-corrected chi connectivity index (χ1v) is 11.1. The molecule has 2 aromatic rings. The molecular weight excluding hydrogens is 376 g/mol. The zero-order valence-corrected chi connectivity index (χ0v) is 17.0. The van der Waals surface area contributed by atoms with Gasteiger partial charge in [0.25, 0.3) is 15.9 Å². The fraction of sp³-hybridized carbons (Fsp3) is 0.381. The number of hydrogen-bond acceptors (Lipinski definition) is 4. The first-order valence-electron chi connectivity index (χ1n) is 9.57. The first-order chi connectivity index (χ1) is 13.4. The number of nitrogens with one attached hydrogen (secondary N) is 1. The van der Waals surface area contributed by atoms with Crippen LogP contribution in [-0.2, 0) is 10.0 Å². The summed E-state index contributed by atoms with van der Waals surface area (Å²) >= 11 is 0. The predicted octanol–water partition coefficient (Wildman–Crippen LogP) is 3.90. The van der Waals surface area contributed by atoms with Crippen molar-refractivity contribution in [3.05, 3.63) is 54.1 Å². The van der Waals surface area contributed by atoms with Crippen molar-refractivity contribution in [2.75, 3.05) is 17.9 Å². The molecule has 28 heavy (non-hydrogen) atoms. The van der Waals surface area contributed by atoms with E-state index in [9.17, 15) is 13.2 Å². The van der Waals surface area contributed by atoms with Crippen LogP contribution in [0.15, 0.2) is 53.4 Å². The van der Waals surface area contributed by atoms with Crippen LogP contribution >= 0.6 is 0 Å². The summed E-state index contributed by atoms with van der Waals surface area (Å²) in [4.78, 5) is 14.8. The van der Waals surface area contributed by atoms with Gasteiger partial charge in [0.05, 0.1) is 11.5 Å². The summed E-state index contributed by atoms with van der Waals surface area (Å²) in [6, 6.07) is 13.1. The van der Waals surface area contributed by atoms with Gasteiger partial charge in [0.2, 0.25) is 0 Å². The Bertz CT molecular complexity index is 926. The Balaban J connectivity index is 1.77. The van der Waals surface area contributed by atoms with Crippen molar-refractivity contribution >= 4 is 21.6 Å². The summed E-state index contributed by atoms with van der Waals surface area (Å²) in [6.45, 7) is 5.17. The van der Waals surface area contributed by atoms with E-state index in [2.05, 4.69) is 11.6 Å². The monoisotopic (exact) mass is 402 g/mol. The van der Waals surface area contributed by atoms with Crippen LogP contribution in [0.3, 0.4) is 0 Å². The van der Waals surface area contributed by atoms with Gasteiger partial charge in [-0.3, -0.25) is 9.52 Å². The summed E-state index contributed by atoms with van der Waals surface area (Å²) in [5, 5.41) is 0. The number of benzene rings is 2. The number of ether oxygens (including phenoxy) is 1. The molecule has 1 N–H and O–H groups in total. The van der Waals surface area contributed by atoms with Gasteiger partial charge in [0.15, 0.2) is 0 Å². The van der Waals surface area contributed by atoms with E-state index in [0.29, 0.717) is 23.6 Å². The lowest BCUT2D eigenvalue weighted by Crippen LogP contribution is -2.42. The lowest BCUT2D eigenvalue weighted by atomic mass is 10.0. The zero-order valence-electron chi connectivity index (χ0n) is 16.2. The molecular formula is C21H26N2O4S. The number of carbonyl (C=O) groups excluding carboxylic acids is 1. The normalized spacial score (nSPS) is 17.2. The van der Waals surface area contributed by atoms with Gasteiger partial charge in [-0.05, 0) is 75.6 Å². The average Bonchev–Trinajstić information content (AvgIpc) is 2.68. The predicted molar refractivity (Wildman–Crippen MR) is 109 cm³/mol. The third-order valence-electron chi connectivity index (χ3n) is 4.87. The minimum atomic E-state index is -3.75. The Morgan fingerprint density at radius 2 is 1.93 bits per heavy atom. The maximum Gasteiger partial charge on any atom is 0.261 e. The van der Waals surface area contributed by atoms with Gasteiger partial charge < -0.3 is 9.64 Å². The third kappa shape index (κ3) is 4.65. The maximum absolute atomic E-state index is 12.8. The van der Waals surface area contributed by atoms with Gasteiger partial charge in [0.1, 0.15) is 5.75 Å². The molecule has 150 valence electrons. The second-order valence-corrected chi connectivity index (χ2v) is 8.62. The number of hydrogen-bond donors (Lipinski definition) is 1. The Hall–Kier alpha value is -2.54. The van der Waals surface area contributed by atoms with Crippen LogP contribution in [-0.4, -0.2) is 38.4 Å². The molecule has 1 saturated heterocycles. The van der Waals surface area contributed by atoms with Gasteiger partial charge >= 0.3 is 0 Å². The SMILES string of the molecule is CCOc1ccc(S(=O)(=O)Nc2cccc(C(=O)N3CCCCC3C)c2)cc1. The summed E-state index contributed by atoms with van der Waals surface area (Å²) < 4.78 is 33.2. The Morgan fingerprint density at radius 3 is 2.61 bits per heavy atom. The van der Waals surface area contributed by atoms with Crippen LogP contribution in [0.2, 0.25) is 0 Å². The molecule has 3 rings (SSSR count). The molecule has 2 aromatic carbocycles. The van der Waals surface area contributed by atoms with Crippen LogP contribution in [0.4, 0.5) is 5.69 Å². The second kappa shape index (κ2) is 8.65. The minimum absolute atomic E-state index is 0.0608. The highest BCUT2D eigenvalue weighted by Gasteiger charge is 2.24. The largest absolute Gasteiger partial charge is 0.494 e. The molecule has 1 aliphatic heterocycles. The smallest absolute Gasteiger partial charge is 0.261 e. The molecule has 6 nitrogen and oxygen atoms in total. The molecule has 1 fully saturated rings. The van der Waals surface area contributed by atoms with Crippen molar-refractivity contribution in [1.29, 1.82) is 0 Å². The molecule has 0 spiro atoms. The second-order valence-electron chi connectivity index (χ2n) is 6.93. The number of sulfonamides is 1. The van der Waals surface area contributed by atoms with Gasteiger partial charge in [-0.25, -0.2) is 8.42 Å². The number of piperidine rings is 1. The van der Waals surface area contributed by atoms with Crippen LogP contribution in [0.5, 0.6) is 5.75 Å². The van der Waals surface area contributed by atoms with Crippen LogP contribution in [0.25, 0.3) is 0 Å². The molecule has 1 unspecified atom stereocenters. The Morgan fingerprint density at radius 1 is 1.18 bits per heavy atom. The topological polar surface area (TPSA) is 75.7 Å². The Kier molecular flexibility index (Phi) is 6.24. The van der Waals surface area contributed by atoms with Crippen molar-refractivity contribution in [1.82, 2.24) is 4.90 Å². The van der Waals surface area contributed by atoms with E-state index < -0.39 is 10.0 Å². The van der Waals surface area contributed by atoms with E-state index in [1.165, 1.54) is 12.1 Å². The quantitative estimate of drug-likeness (QED) is 0.795. The molecule has 1 heterocycles. The van der Waals surface area contributed by atoms with Crippen molar-refractivity contribution < 1.29 is 17.9 Å². The minimum Gasteiger partial charge on any atom is -0.494 e. The summed E-state index contributed by atoms with van der Waals surface area (Å²) in [5.41, 5.74) is 0.852. The zero-order chi connectivity index (χ0) is 20.1. The standard InChI is InChI=1S/C21H26N2O4S/c1-3-27-19-10-12-20(13-11-19)28(25,26)22-18-9-6-8-17(15-18)21(24)23-14-5-4-7-16(23)2/h6,8-13,15-16,22H,3-5,7,14H2,1-2H3. The molecule has 0 aliphatic carbocycles. The van der Waals surface area contributed by atoms with E-state index in [1.54, 1.807) is 36.4 Å². The Labute approximate surface area is 166 Å². The lowest BCUT2D eigenvalue weighted by molar-refractivity contribution is 0.0635. The highest BCUT2D eigenvalue weighted by Crippen LogP contribution is 2.23. The molecule has 7 heteroatoms. The van der Waals surface area contributed by atoms with Crippen LogP contribution < -0.4 is 9.46 Å². The molecule has 1 aliphatic rings. The van der Waals surface area contributed by atoms with Crippen molar-refractivity contribution in [3.63, 3.8) is 0 Å². The van der Waals surface area contributed by atoms with Gasteiger partial charge in [-0.1, -0.05) is 6.07 Å². The number of nitrogens with zero attached hydrogens (tertiary/aromatic N) is 1. The summed E-state index contributed by atoms with van der Waals surface area (Å²) in [6.07, 6.45) is 3.13. The highest BCUT2D eigenvalue weighted by molar-refractivity contribution is 7.92. The third-order valence-corrected chi connectivity index (χ3v) is 6.27. The number of likely N-dealkylation sites (tertiary alicyclic amines) is 1. The molecule has 0 saturated carbocycles. The van der Waals surface area contributed by atoms with Crippen molar-refractivity contribution in [2.45, 2.75) is 44.0 Å². The van der Waals surface area contributed by atoms with Crippen molar-refractivity contribution in [3.8, 4) is 5.75 Å². The van der Waals surface area contributed by atoms with Gasteiger partial charge in [0, 0.05) is 23.8 Å². The van der Waals surface area contributed by atoms with Gasteiger partial charge in [-0.2, -0.15) is 0 Å². The lowest BCUT2D eigenvalue weighted by Gasteiger charge is -2.33. The van der Waals surface area contributed by atoms with E-state index >= 15 is 0 Å². The maximum atomic E-state index is 12.8. The van der Waals surface area contributed by atoms with E-state index in [-0.39, 0.29) is 16.8 Å². The van der Waals surface area contributed by atoms with E-state index in [4.69, 9.17) is 4.74 Å². The highest BCUT2D eigenvalue weighted by atomic mass is 32.2. The number of anilines is 1. The number of rotatable bonds is 6. The molecule has 0 aromatic heterocycles. The summed E-state index contributed by atoms with van der Waals surface area (Å²) in [7, 11) is -3.75. The van der Waals surface area contributed by atoms with Gasteiger partial charge in [-0.15, -0.1) is 0 Å². The number of carbonyl (C=O) groups is 1. The van der Waals surface area contributed by atoms with E-state index in [0.717, 1.165) is 25.8 Å². The van der Waals surface area contributed by atoms with Crippen LogP contribution in [0.1, 0.15) is 43.5 Å². The van der Waals surface area contributed by atoms with E-state index in [1.807, 2.05) is 11.8 Å². The molecule has 0 bridgehead atoms. The number of amides is 1. The van der Waals surface area contributed by atoms with Crippen LogP contribution in [0, 0.1) is 0 Å². The first kappa shape index (κ1) is 20.2. The fourth-order valence-corrected chi connectivity index (χ4v) is 4.43. The molecule has 0 radical (unpaired) electrons. The fourth-order valence-electron chi connectivity index (χ4n) is 3.38. The average molecular weight is 403 g/mol.